The molecule has 1 aromatic rings. The SMILES string of the molecule is N#CC(Br)(Br)C(Cc1ccccc1)=S(=O)=O. The van der Waals surface area contributed by atoms with Crippen molar-refractivity contribution in [1.82, 2.24) is 0 Å². The van der Waals surface area contributed by atoms with Crippen LogP contribution in [0.3, 0.4) is 0 Å². The molecule has 0 N–H and O–H groups in total. The van der Waals surface area contributed by atoms with E-state index in [0.29, 0.717) is 0 Å². The maximum atomic E-state index is 11.1. The number of hydrogen-bond donors (Lipinski definition) is 0. The van der Waals surface area contributed by atoms with Gasteiger partial charge in [0.25, 0.3) is 0 Å². The van der Waals surface area contributed by atoms with E-state index in [1.165, 1.54) is 0 Å². The Kier molecular flexibility index (Phi) is 4.71. The second kappa shape index (κ2) is 5.62. The molecule has 0 spiro atoms. The fourth-order valence-corrected chi connectivity index (χ4v) is 2.73. The summed E-state index contributed by atoms with van der Waals surface area (Å²) in [6.45, 7) is 0. The lowest BCUT2D eigenvalue weighted by atomic mass is 10.1. The second-order valence-corrected chi connectivity index (χ2v) is 7.41. The first kappa shape index (κ1) is 13.4. The molecule has 1 aromatic carbocycles. The van der Waals surface area contributed by atoms with Crippen LogP contribution in [0.15, 0.2) is 30.3 Å². The molecule has 1 rings (SSSR count). The summed E-state index contributed by atoms with van der Waals surface area (Å²) >= 11 is 6.06. The van der Waals surface area contributed by atoms with Crippen molar-refractivity contribution in [3.05, 3.63) is 35.9 Å². The van der Waals surface area contributed by atoms with E-state index in [-0.39, 0.29) is 11.3 Å². The first-order valence-corrected chi connectivity index (χ1v) is 6.92. The zero-order valence-corrected chi connectivity index (χ0v) is 12.0. The van der Waals surface area contributed by atoms with Crippen molar-refractivity contribution in [1.29, 1.82) is 5.26 Å². The molecule has 0 fully saturated rings. The summed E-state index contributed by atoms with van der Waals surface area (Å²) in [5, 5.41) is 8.85. The van der Waals surface area contributed by atoms with Crippen molar-refractivity contribution in [2.75, 3.05) is 0 Å². The van der Waals surface area contributed by atoms with Crippen molar-refractivity contribution in [2.24, 2.45) is 0 Å². The van der Waals surface area contributed by atoms with E-state index in [9.17, 15) is 8.42 Å². The van der Waals surface area contributed by atoms with E-state index >= 15 is 0 Å². The molecule has 0 amide bonds. The van der Waals surface area contributed by atoms with Gasteiger partial charge in [0.2, 0.25) is 13.5 Å². The third kappa shape index (κ3) is 3.44. The highest BCUT2D eigenvalue weighted by atomic mass is 79.9. The topological polar surface area (TPSA) is 57.9 Å². The summed E-state index contributed by atoms with van der Waals surface area (Å²) in [6, 6.07) is 10.9. The molecule has 0 saturated carbocycles. The van der Waals surface area contributed by atoms with Crippen LogP contribution in [0.4, 0.5) is 0 Å². The molecule has 84 valence electrons. The summed E-state index contributed by atoms with van der Waals surface area (Å²) < 4.78 is 20.8. The van der Waals surface area contributed by atoms with Crippen LogP contribution < -0.4 is 0 Å². The van der Waals surface area contributed by atoms with E-state index in [0.717, 1.165) is 5.56 Å². The molecule has 0 bridgehead atoms. The van der Waals surface area contributed by atoms with Crippen molar-refractivity contribution in [2.45, 2.75) is 9.65 Å². The smallest absolute Gasteiger partial charge is 0.195 e. The van der Waals surface area contributed by atoms with Gasteiger partial charge in [0, 0.05) is 6.42 Å². The first-order valence-electron chi connectivity index (χ1n) is 4.26. The Hall–Kier alpha value is -0.640. The van der Waals surface area contributed by atoms with Crippen molar-refractivity contribution in [3.63, 3.8) is 0 Å². The third-order valence-electron chi connectivity index (χ3n) is 1.90. The third-order valence-corrected chi connectivity index (χ3v) is 4.59. The quantitative estimate of drug-likeness (QED) is 0.610. The predicted octanol–water partition coefficient (Wildman–Crippen LogP) is 2.29. The zero-order chi connectivity index (χ0) is 12.2. The minimum atomic E-state index is -2.42. The maximum absolute atomic E-state index is 11.1. The Morgan fingerprint density at radius 1 is 1.31 bits per heavy atom. The summed E-state index contributed by atoms with van der Waals surface area (Å²) in [5.41, 5.74) is 0.834. The van der Waals surface area contributed by atoms with Gasteiger partial charge >= 0.3 is 0 Å². The molecule has 0 unspecified atom stereocenters. The summed E-state index contributed by atoms with van der Waals surface area (Å²) in [7, 11) is -2.42. The molecule has 0 aliphatic heterocycles. The molecular formula is C10H7Br2NO2S. The van der Waals surface area contributed by atoms with Crippen molar-refractivity contribution in [3.8, 4) is 6.07 Å². The number of alkyl halides is 2. The number of nitrogens with zero attached hydrogens (tertiary/aromatic N) is 1. The molecule has 0 aliphatic carbocycles. The highest BCUT2D eigenvalue weighted by Gasteiger charge is 2.30. The van der Waals surface area contributed by atoms with Gasteiger partial charge in [-0.05, 0) is 37.4 Å². The lowest BCUT2D eigenvalue weighted by Gasteiger charge is -2.11. The lowest BCUT2D eigenvalue weighted by Crippen LogP contribution is -2.25. The van der Waals surface area contributed by atoms with Gasteiger partial charge in [0.05, 0.1) is 10.9 Å². The second-order valence-electron chi connectivity index (χ2n) is 3.01. The fraction of sp³-hybridized carbons (Fsp3) is 0.200. The van der Waals surface area contributed by atoms with Crippen molar-refractivity contribution < 1.29 is 8.42 Å². The lowest BCUT2D eigenvalue weighted by molar-refractivity contribution is 0.626. The Morgan fingerprint density at radius 2 is 1.88 bits per heavy atom. The Bertz CT molecular complexity index is 536. The first-order chi connectivity index (χ1) is 7.47. The molecule has 0 atom stereocenters. The van der Waals surface area contributed by atoms with Gasteiger partial charge in [0.1, 0.15) is 0 Å². The molecule has 0 saturated heterocycles. The molecule has 0 aromatic heterocycles. The number of nitriles is 1. The van der Waals surface area contributed by atoms with Gasteiger partial charge in [-0.3, -0.25) is 0 Å². The minimum absolute atomic E-state index is 0.0567. The Labute approximate surface area is 112 Å². The molecule has 16 heavy (non-hydrogen) atoms. The largest absolute Gasteiger partial charge is 0.216 e. The fourth-order valence-electron chi connectivity index (χ4n) is 1.12. The Balaban J connectivity index is 3.12. The summed E-state index contributed by atoms with van der Waals surface area (Å²) in [4.78, 5) is 0.0567. The van der Waals surface area contributed by atoms with Gasteiger partial charge in [-0.15, -0.1) is 0 Å². The van der Waals surface area contributed by atoms with Crippen LogP contribution in [-0.4, -0.2) is 16.5 Å². The van der Waals surface area contributed by atoms with Crippen LogP contribution in [0, 0.1) is 11.3 Å². The predicted molar refractivity (Wildman–Crippen MR) is 70.3 cm³/mol. The standard InChI is InChI=1S/C10H7Br2NO2S/c11-10(12,7-13)9(16(14)15)6-8-4-2-1-3-5-8/h1-5H,6H2. The Morgan fingerprint density at radius 3 is 2.31 bits per heavy atom. The number of benzene rings is 1. The number of hydrogen-bond acceptors (Lipinski definition) is 3. The van der Waals surface area contributed by atoms with Crippen LogP contribution in [0.1, 0.15) is 5.56 Å². The summed E-state index contributed by atoms with van der Waals surface area (Å²) in [6.07, 6.45) is 0.195. The monoisotopic (exact) mass is 363 g/mol. The molecule has 3 nitrogen and oxygen atoms in total. The van der Waals surface area contributed by atoms with Gasteiger partial charge in [-0.2, -0.15) is 13.7 Å². The zero-order valence-electron chi connectivity index (χ0n) is 8.02. The van der Waals surface area contributed by atoms with E-state index in [2.05, 4.69) is 31.9 Å². The van der Waals surface area contributed by atoms with Gasteiger partial charge < -0.3 is 0 Å². The van der Waals surface area contributed by atoms with E-state index in [1.807, 2.05) is 24.3 Å². The highest BCUT2D eigenvalue weighted by Crippen LogP contribution is 2.28. The summed E-state index contributed by atoms with van der Waals surface area (Å²) in [5.74, 6) is 0. The molecular weight excluding hydrogens is 358 g/mol. The van der Waals surface area contributed by atoms with E-state index in [4.69, 9.17) is 5.26 Å². The minimum Gasteiger partial charge on any atom is -0.195 e. The van der Waals surface area contributed by atoms with Crippen molar-refractivity contribution >= 4 is 47.0 Å². The van der Waals surface area contributed by atoms with E-state index < -0.39 is 13.5 Å². The average molecular weight is 365 g/mol. The average Bonchev–Trinajstić information content (AvgIpc) is 2.26. The van der Waals surface area contributed by atoms with E-state index in [1.54, 1.807) is 12.1 Å². The van der Waals surface area contributed by atoms with Crippen LogP contribution in [0.25, 0.3) is 0 Å². The maximum Gasteiger partial charge on any atom is 0.216 e. The van der Waals surface area contributed by atoms with Gasteiger partial charge in [-0.25, -0.2) is 0 Å². The van der Waals surface area contributed by atoms with Gasteiger partial charge in [0.15, 0.2) is 0 Å². The van der Waals surface area contributed by atoms with Crippen LogP contribution in [0.5, 0.6) is 0 Å². The normalized spacial score (nSPS) is 10.6. The molecule has 6 heteroatoms. The van der Waals surface area contributed by atoms with Crippen LogP contribution in [-0.2, 0) is 16.7 Å². The number of halogens is 2. The molecule has 0 aliphatic rings. The molecule has 0 radical (unpaired) electrons. The molecule has 0 heterocycles. The number of rotatable bonds is 3. The highest BCUT2D eigenvalue weighted by molar-refractivity contribution is 9.26. The van der Waals surface area contributed by atoms with Crippen LogP contribution >= 0.6 is 31.9 Å². The van der Waals surface area contributed by atoms with Gasteiger partial charge in [-0.1, -0.05) is 30.3 Å². The van der Waals surface area contributed by atoms with Crippen LogP contribution in [0.2, 0.25) is 0 Å².